The zero-order valence-electron chi connectivity index (χ0n) is 11.0. The quantitative estimate of drug-likeness (QED) is 0.780. The summed E-state index contributed by atoms with van der Waals surface area (Å²) in [6.45, 7) is 4.24. The molecule has 1 aromatic carbocycles. The van der Waals surface area contributed by atoms with Crippen LogP contribution in [-0.2, 0) is 6.42 Å². The van der Waals surface area contributed by atoms with Crippen LogP contribution in [0.15, 0.2) is 18.2 Å². The van der Waals surface area contributed by atoms with Crippen LogP contribution in [0.25, 0.3) is 10.4 Å². The Bertz CT molecular complexity index is 653. The van der Waals surface area contributed by atoms with Gasteiger partial charge >= 0.3 is 0 Å². The Morgan fingerprint density at radius 2 is 2.16 bits per heavy atom. The zero-order valence-corrected chi connectivity index (χ0v) is 13.9. The summed E-state index contributed by atoms with van der Waals surface area (Å²) in [6, 6.07) is 8.48. The molecule has 2 rings (SSSR count). The predicted molar refractivity (Wildman–Crippen MR) is 90.3 cm³/mol. The molecule has 19 heavy (non-hydrogen) atoms. The molecular formula is C15H15IN2S. The highest BCUT2D eigenvalue weighted by atomic mass is 127. The molecule has 0 atom stereocenters. The van der Waals surface area contributed by atoms with Crippen LogP contribution in [-0.4, -0.2) is 0 Å². The van der Waals surface area contributed by atoms with E-state index < -0.39 is 0 Å². The van der Waals surface area contributed by atoms with E-state index in [1.165, 1.54) is 26.0 Å². The average molecular weight is 382 g/mol. The number of anilines is 1. The number of benzene rings is 1. The molecule has 0 aliphatic carbocycles. The molecule has 0 aliphatic heterocycles. The molecule has 0 saturated heterocycles. The van der Waals surface area contributed by atoms with Crippen molar-refractivity contribution in [1.82, 2.24) is 0 Å². The Hall–Kier alpha value is -1.06. The molecule has 98 valence electrons. The standard InChI is InChI=1S/C15H15IN2S/c1-3-5-11-14(18)12(8-17)19-15(11)10-7-4-6-9(2)13(10)16/h4,6-7H,3,5,18H2,1-2H3. The lowest BCUT2D eigenvalue weighted by Crippen LogP contribution is -1.94. The average Bonchev–Trinajstić information content (AvgIpc) is 2.71. The second-order valence-corrected chi connectivity index (χ2v) is 6.55. The second kappa shape index (κ2) is 5.93. The van der Waals surface area contributed by atoms with Crippen LogP contribution in [0.3, 0.4) is 0 Å². The number of hydrogen-bond acceptors (Lipinski definition) is 3. The number of nitriles is 1. The van der Waals surface area contributed by atoms with Gasteiger partial charge in [-0.2, -0.15) is 5.26 Å². The number of nitrogens with zero attached hydrogens (tertiary/aromatic N) is 1. The third-order valence-corrected chi connectivity index (χ3v) is 5.70. The highest BCUT2D eigenvalue weighted by molar-refractivity contribution is 14.1. The minimum absolute atomic E-state index is 0.635. The smallest absolute Gasteiger partial charge is 0.128 e. The van der Waals surface area contributed by atoms with Crippen molar-refractivity contribution >= 4 is 39.6 Å². The van der Waals surface area contributed by atoms with Crippen LogP contribution in [0, 0.1) is 21.8 Å². The Morgan fingerprint density at radius 1 is 1.42 bits per heavy atom. The van der Waals surface area contributed by atoms with Crippen LogP contribution < -0.4 is 5.73 Å². The van der Waals surface area contributed by atoms with E-state index in [-0.39, 0.29) is 0 Å². The van der Waals surface area contributed by atoms with Crippen molar-refractivity contribution in [2.75, 3.05) is 5.73 Å². The number of aryl methyl sites for hydroxylation is 1. The summed E-state index contributed by atoms with van der Waals surface area (Å²) < 4.78 is 1.24. The fourth-order valence-electron chi connectivity index (χ4n) is 2.10. The monoisotopic (exact) mass is 382 g/mol. The van der Waals surface area contributed by atoms with Gasteiger partial charge in [-0.3, -0.25) is 0 Å². The van der Waals surface area contributed by atoms with E-state index in [1.807, 2.05) is 0 Å². The Balaban J connectivity index is 2.68. The zero-order chi connectivity index (χ0) is 14.0. The molecule has 0 spiro atoms. The fraction of sp³-hybridized carbons (Fsp3) is 0.267. The first-order chi connectivity index (χ1) is 9.10. The van der Waals surface area contributed by atoms with E-state index in [0.717, 1.165) is 23.3 Å². The first kappa shape index (κ1) is 14.4. The molecule has 1 heterocycles. The molecule has 0 saturated carbocycles. The van der Waals surface area contributed by atoms with E-state index in [2.05, 4.69) is 60.7 Å². The van der Waals surface area contributed by atoms with Gasteiger partial charge in [-0.25, -0.2) is 0 Å². The van der Waals surface area contributed by atoms with Crippen molar-refractivity contribution in [1.29, 1.82) is 5.26 Å². The van der Waals surface area contributed by atoms with Crippen molar-refractivity contribution in [2.45, 2.75) is 26.7 Å². The summed E-state index contributed by atoms with van der Waals surface area (Å²) in [7, 11) is 0. The van der Waals surface area contributed by atoms with Gasteiger partial charge in [0.2, 0.25) is 0 Å². The molecule has 4 heteroatoms. The molecule has 0 amide bonds. The van der Waals surface area contributed by atoms with Crippen LogP contribution in [0.4, 0.5) is 5.69 Å². The summed E-state index contributed by atoms with van der Waals surface area (Å²) in [5, 5.41) is 9.17. The van der Waals surface area contributed by atoms with Crippen molar-refractivity contribution in [3.05, 3.63) is 37.8 Å². The maximum atomic E-state index is 9.17. The van der Waals surface area contributed by atoms with Crippen molar-refractivity contribution < 1.29 is 0 Å². The van der Waals surface area contributed by atoms with Crippen LogP contribution >= 0.6 is 33.9 Å². The van der Waals surface area contributed by atoms with Gasteiger partial charge in [0.25, 0.3) is 0 Å². The van der Waals surface area contributed by atoms with Gasteiger partial charge < -0.3 is 5.73 Å². The molecule has 2 aromatic rings. The fourth-order valence-corrected chi connectivity index (χ4v) is 4.01. The number of rotatable bonds is 3. The van der Waals surface area contributed by atoms with E-state index in [0.29, 0.717) is 10.6 Å². The maximum Gasteiger partial charge on any atom is 0.128 e. The Morgan fingerprint density at radius 3 is 2.79 bits per heavy atom. The highest BCUT2D eigenvalue weighted by Gasteiger charge is 2.18. The molecule has 0 radical (unpaired) electrons. The lowest BCUT2D eigenvalue weighted by Gasteiger charge is -2.08. The van der Waals surface area contributed by atoms with Gasteiger partial charge in [0, 0.05) is 14.0 Å². The van der Waals surface area contributed by atoms with Gasteiger partial charge in [-0.15, -0.1) is 11.3 Å². The molecular weight excluding hydrogens is 367 g/mol. The van der Waals surface area contributed by atoms with Crippen LogP contribution in [0.5, 0.6) is 0 Å². The third-order valence-electron chi connectivity index (χ3n) is 3.09. The summed E-state index contributed by atoms with van der Waals surface area (Å²) in [5.41, 5.74) is 10.4. The second-order valence-electron chi connectivity index (χ2n) is 4.45. The van der Waals surface area contributed by atoms with E-state index in [1.54, 1.807) is 0 Å². The molecule has 2 nitrogen and oxygen atoms in total. The number of hydrogen-bond donors (Lipinski definition) is 1. The molecule has 0 aliphatic rings. The molecule has 2 N–H and O–H groups in total. The van der Waals surface area contributed by atoms with Crippen molar-refractivity contribution in [3.63, 3.8) is 0 Å². The van der Waals surface area contributed by atoms with Gasteiger partial charge in [-0.1, -0.05) is 31.5 Å². The first-order valence-electron chi connectivity index (χ1n) is 6.16. The molecule has 0 bridgehead atoms. The number of nitrogens with two attached hydrogens (primary N) is 1. The third kappa shape index (κ3) is 2.63. The van der Waals surface area contributed by atoms with Crippen molar-refractivity contribution in [3.8, 4) is 16.5 Å². The lowest BCUT2D eigenvalue weighted by atomic mass is 10.0. The molecule has 0 fully saturated rings. The minimum atomic E-state index is 0.635. The van der Waals surface area contributed by atoms with Crippen molar-refractivity contribution in [2.24, 2.45) is 0 Å². The number of halogens is 1. The van der Waals surface area contributed by atoms with Gasteiger partial charge in [0.15, 0.2) is 0 Å². The number of nitrogen functional groups attached to an aromatic ring is 1. The van der Waals surface area contributed by atoms with Crippen LogP contribution in [0.2, 0.25) is 0 Å². The maximum absolute atomic E-state index is 9.17. The van der Waals surface area contributed by atoms with E-state index in [9.17, 15) is 5.26 Å². The lowest BCUT2D eigenvalue weighted by molar-refractivity contribution is 0.929. The largest absolute Gasteiger partial charge is 0.397 e. The highest BCUT2D eigenvalue weighted by Crippen LogP contribution is 2.41. The molecule has 1 aromatic heterocycles. The van der Waals surface area contributed by atoms with E-state index in [4.69, 9.17) is 5.73 Å². The van der Waals surface area contributed by atoms with E-state index >= 15 is 0 Å². The van der Waals surface area contributed by atoms with Gasteiger partial charge in [0.1, 0.15) is 10.9 Å². The predicted octanol–water partition coefficient (Wildman–Crippen LogP) is 4.73. The van der Waals surface area contributed by atoms with Gasteiger partial charge in [0.05, 0.1) is 5.69 Å². The van der Waals surface area contributed by atoms with Gasteiger partial charge in [-0.05, 0) is 47.1 Å². The topological polar surface area (TPSA) is 49.8 Å². The Kier molecular flexibility index (Phi) is 4.48. The summed E-state index contributed by atoms with van der Waals surface area (Å²) in [6.07, 6.45) is 1.95. The first-order valence-corrected chi connectivity index (χ1v) is 8.06. The molecule has 0 unspecified atom stereocenters. The normalized spacial score (nSPS) is 10.4. The summed E-state index contributed by atoms with van der Waals surface area (Å²) in [4.78, 5) is 1.79. The summed E-state index contributed by atoms with van der Waals surface area (Å²) in [5.74, 6) is 0. The number of thiophene rings is 1. The minimum Gasteiger partial charge on any atom is -0.397 e. The van der Waals surface area contributed by atoms with Crippen LogP contribution in [0.1, 0.15) is 29.3 Å². The summed E-state index contributed by atoms with van der Waals surface area (Å²) >= 11 is 3.88. The SMILES string of the molecule is CCCc1c(-c2cccc(C)c2I)sc(C#N)c1N. The Labute approximate surface area is 131 Å².